The number of aryl methyl sites for hydroxylation is 2. The molecule has 0 saturated heterocycles. The SMILES string of the molecule is Cc1cccc2c(CCCCN)c(-c3ccccn3)[nH]c12. The molecule has 3 aromatic rings. The van der Waals surface area contributed by atoms with E-state index in [9.17, 15) is 0 Å². The summed E-state index contributed by atoms with van der Waals surface area (Å²) in [5, 5.41) is 1.31. The van der Waals surface area contributed by atoms with E-state index in [1.807, 2.05) is 18.3 Å². The zero-order valence-electron chi connectivity index (χ0n) is 12.4. The van der Waals surface area contributed by atoms with E-state index in [-0.39, 0.29) is 0 Å². The fourth-order valence-corrected chi connectivity index (χ4v) is 2.86. The molecule has 1 aromatic carbocycles. The summed E-state index contributed by atoms with van der Waals surface area (Å²) >= 11 is 0. The molecule has 0 fully saturated rings. The summed E-state index contributed by atoms with van der Waals surface area (Å²) in [6.07, 6.45) is 5.04. The van der Waals surface area contributed by atoms with Gasteiger partial charge in [-0.2, -0.15) is 0 Å². The van der Waals surface area contributed by atoms with Gasteiger partial charge >= 0.3 is 0 Å². The minimum atomic E-state index is 0.750. The molecule has 108 valence electrons. The molecule has 0 spiro atoms. The van der Waals surface area contributed by atoms with E-state index in [1.54, 1.807) is 0 Å². The Balaban J connectivity index is 2.13. The third-order valence-electron chi connectivity index (χ3n) is 3.95. The highest BCUT2D eigenvalue weighted by atomic mass is 14.8. The average Bonchev–Trinajstić information content (AvgIpc) is 2.89. The number of nitrogens with one attached hydrogen (secondary N) is 1. The van der Waals surface area contributed by atoms with Crippen molar-refractivity contribution < 1.29 is 0 Å². The number of para-hydroxylation sites is 1. The number of benzene rings is 1. The van der Waals surface area contributed by atoms with Crippen molar-refractivity contribution >= 4 is 10.9 Å². The predicted molar refractivity (Wildman–Crippen MR) is 88.3 cm³/mol. The third-order valence-corrected chi connectivity index (χ3v) is 3.95. The van der Waals surface area contributed by atoms with Crippen LogP contribution in [0.5, 0.6) is 0 Å². The van der Waals surface area contributed by atoms with Crippen LogP contribution in [0, 0.1) is 6.92 Å². The molecule has 0 amide bonds. The van der Waals surface area contributed by atoms with Crippen LogP contribution in [0.1, 0.15) is 24.0 Å². The molecule has 0 atom stereocenters. The van der Waals surface area contributed by atoms with Gasteiger partial charge in [0.05, 0.1) is 11.4 Å². The van der Waals surface area contributed by atoms with Crippen LogP contribution >= 0.6 is 0 Å². The van der Waals surface area contributed by atoms with E-state index < -0.39 is 0 Å². The standard InChI is InChI=1S/C18H21N3/c1-13-7-6-9-14-15(8-2-4-11-19)18(21-17(13)14)16-10-3-5-12-20-16/h3,5-7,9-10,12,21H,2,4,8,11,19H2,1H3. The Hall–Kier alpha value is -2.13. The van der Waals surface area contributed by atoms with E-state index in [2.05, 4.69) is 41.2 Å². The van der Waals surface area contributed by atoms with Crippen LogP contribution in [-0.2, 0) is 6.42 Å². The second-order valence-corrected chi connectivity index (χ2v) is 5.44. The molecule has 0 unspecified atom stereocenters. The van der Waals surface area contributed by atoms with Crippen molar-refractivity contribution in [1.29, 1.82) is 0 Å². The smallest absolute Gasteiger partial charge is 0.0867 e. The van der Waals surface area contributed by atoms with Crippen molar-refractivity contribution in [1.82, 2.24) is 9.97 Å². The minimum absolute atomic E-state index is 0.750. The zero-order valence-corrected chi connectivity index (χ0v) is 12.4. The van der Waals surface area contributed by atoms with Crippen molar-refractivity contribution in [2.75, 3.05) is 6.54 Å². The lowest BCUT2D eigenvalue weighted by molar-refractivity contribution is 0.748. The van der Waals surface area contributed by atoms with E-state index in [1.165, 1.54) is 22.0 Å². The van der Waals surface area contributed by atoms with Crippen LogP contribution in [0.3, 0.4) is 0 Å². The summed E-state index contributed by atoms with van der Waals surface area (Å²) in [6.45, 7) is 2.89. The topological polar surface area (TPSA) is 54.7 Å². The molecule has 0 aliphatic carbocycles. The van der Waals surface area contributed by atoms with Crippen LogP contribution in [0.2, 0.25) is 0 Å². The number of fused-ring (bicyclic) bond motifs is 1. The Kier molecular flexibility index (Phi) is 4.02. The van der Waals surface area contributed by atoms with Gasteiger partial charge in [0.2, 0.25) is 0 Å². The molecular weight excluding hydrogens is 258 g/mol. The van der Waals surface area contributed by atoms with Gasteiger partial charge in [0, 0.05) is 17.1 Å². The number of aromatic nitrogens is 2. The van der Waals surface area contributed by atoms with Crippen molar-refractivity contribution in [2.45, 2.75) is 26.2 Å². The minimum Gasteiger partial charge on any atom is -0.353 e. The van der Waals surface area contributed by atoms with Crippen LogP contribution in [0.15, 0.2) is 42.6 Å². The Morgan fingerprint density at radius 3 is 2.76 bits per heavy atom. The van der Waals surface area contributed by atoms with E-state index in [0.29, 0.717) is 0 Å². The maximum Gasteiger partial charge on any atom is 0.0867 e. The van der Waals surface area contributed by atoms with Crippen molar-refractivity contribution in [2.24, 2.45) is 5.73 Å². The lowest BCUT2D eigenvalue weighted by atomic mass is 10.0. The summed E-state index contributed by atoms with van der Waals surface area (Å²) in [5.74, 6) is 0. The lowest BCUT2D eigenvalue weighted by Gasteiger charge is -2.04. The first-order chi connectivity index (χ1) is 10.3. The second-order valence-electron chi connectivity index (χ2n) is 5.44. The molecule has 3 N–H and O–H groups in total. The average molecular weight is 279 g/mol. The zero-order chi connectivity index (χ0) is 14.7. The first-order valence-electron chi connectivity index (χ1n) is 7.53. The van der Waals surface area contributed by atoms with Crippen molar-refractivity contribution in [3.05, 3.63) is 53.7 Å². The number of hydrogen-bond acceptors (Lipinski definition) is 2. The molecule has 0 bridgehead atoms. The molecule has 3 nitrogen and oxygen atoms in total. The molecule has 0 saturated carbocycles. The highest BCUT2D eigenvalue weighted by Gasteiger charge is 2.14. The molecule has 2 aromatic heterocycles. The number of nitrogens with zero attached hydrogens (tertiary/aromatic N) is 1. The van der Waals surface area contributed by atoms with Gasteiger partial charge in [-0.1, -0.05) is 24.3 Å². The molecule has 21 heavy (non-hydrogen) atoms. The Morgan fingerprint density at radius 1 is 1.10 bits per heavy atom. The molecule has 2 heterocycles. The first-order valence-corrected chi connectivity index (χ1v) is 7.53. The normalized spacial score (nSPS) is 11.1. The van der Waals surface area contributed by atoms with Gasteiger partial charge in [-0.15, -0.1) is 0 Å². The number of aromatic amines is 1. The molecule has 0 aliphatic rings. The first kappa shape index (κ1) is 13.8. The number of unbranched alkanes of at least 4 members (excludes halogenated alkanes) is 1. The van der Waals surface area contributed by atoms with Gasteiger partial charge in [0.25, 0.3) is 0 Å². The predicted octanol–water partition coefficient (Wildman–Crippen LogP) is 3.82. The fraction of sp³-hybridized carbons (Fsp3) is 0.278. The fourth-order valence-electron chi connectivity index (χ4n) is 2.86. The number of H-pyrrole nitrogens is 1. The van der Waals surface area contributed by atoms with Crippen molar-refractivity contribution in [3.63, 3.8) is 0 Å². The van der Waals surface area contributed by atoms with Gasteiger partial charge in [-0.25, -0.2) is 0 Å². The third kappa shape index (κ3) is 2.69. The number of nitrogens with two attached hydrogens (primary N) is 1. The quantitative estimate of drug-likeness (QED) is 0.698. The van der Waals surface area contributed by atoms with Crippen molar-refractivity contribution in [3.8, 4) is 11.4 Å². The van der Waals surface area contributed by atoms with Crippen LogP contribution in [-0.4, -0.2) is 16.5 Å². The summed E-state index contributed by atoms with van der Waals surface area (Å²) in [5.41, 5.74) is 11.7. The van der Waals surface area contributed by atoms with E-state index in [4.69, 9.17) is 5.73 Å². The summed E-state index contributed by atoms with van der Waals surface area (Å²) in [7, 11) is 0. The van der Waals surface area contributed by atoms with Gasteiger partial charge in [-0.3, -0.25) is 4.98 Å². The largest absolute Gasteiger partial charge is 0.353 e. The summed E-state index contributed by atoms with van der Waals surface area (Å²) < 4.78 is 0. The highest BCUT2D eigenvalue weighted by Crippen LogP contribution is 2.31. The molecular formula is C18H21N3. The molecule has 3 heteroatoms. The number of pyridine rings is 1. The van der Waals surface area contributed by atoms with E-state index in [0.717, 1.165) is 37.2 Å². The summed E-state index contributed by atoms with van der Waals surface area (Å²) in [6, 6.07) is 12.5. The Labute approximate surface area is 125 Å². The highest BCUT2D eigenvalue weighted by molar-refractivity contribution is 5.92. The monoisotopic (exact) mass is 279 g/mol. The van der Waals surface area contributed by atoms with Gasteiger partial charge in [0.15, 0.2) is 0 Å². The lowest BCUT2D eigenvalue weighted by Crippen LogP contribution is -1.99. The van der Waals surface area contributed by atoms with Crippen LogP contribution in [0.4, 0.5) is 0 Å². The van der Waals surface area contributed by atoms with Gasteiger partial charge in [0.1, 0.15) is 0 Å². The molecule has 0 aliphatic heterocycles. The number of rotatable bonds is 5. The van der Waals surface area contributed by atoms with Crippen LogP contribution in [0.25, 0.3) is 22.3 Å². The van der Waals surface area contributed by atoms with Crippen LogP contribution < -0.4 is 5.73 Å². The molecule has 0 radical (unpaired) electrons. The van der Waals surface area contributed by atoms with Gasteiger partial charge in [-0.05, 0) is 56.0 Å². The maximum atomic E-state index is 5.63. The maximum absolute atomic E-state index is 5.63. The van der Waals surface area contributed by atoms with Gasteiger partial charge < -0.3 is 10.7 Å². The number of hydrogen-bond donors (Lipinski definition) is 2. The summed E-state index contributed by atoms with van der Waals surface area (Å²) in [4.78, 5) is 8.09. The Bertz CT molecular complexity index is 729. The second kappa shape index (κ2) is 6.10. The molecule has 3 rings (SSSR count). The van der Waals surface area contributed by atoms with E-state index >= 15 is 0 Å². The Morgan fingerprint density at radius 2 is 2.00 bits per heavy atom.